The summed E-state index contributed by atoms with van der Waals surface area (Å²) in [5.41, 5.74) is 4.44. The first kappa shape index (κ1) is 37.1. The number of hydrogen-bond donors (Lipinski definition) is 2. The highest BCUT2D eigenvalue weighted by Gasteiger charge is 2.71. The van der Waals surface area contributed by atoms with Gasteiger partial charge in [0.1, 0.15) is 5.82 Å². The molecule has 0 bridgehead atoms. The van der Waals surface area contributed by atoms with Crippen LogP contribution >= 0.6 is 11.6 Å². The third kappa shape index (κ3) is 5.93. The Morgan fingerprint density at radius 3 is 2.28 bits per heavy atom. The Balaban J connectivity index is 1.12. The van der Waals surface area contributed by atoms with Gasteiger partial charge in [-0.1, -0.05) is 77.8 Å². The number of methoxy groups -OCH3 is 1. The maximum atomic E-state index is 15.4. The molecule has 4 aromatic rings. The van der Waals surface area contributed by atoms with E-state index in [0.717, 1.165) is 30.2 Å². The van der Waals surface area contributed by atoms with E-state index in [9.17, 15) is 23.9 Å². The van der Waals surface area contributed by atoms with Crippen molar-refractivity contribution in [2.24, 2.45) is 23.7 Å². The van der Waals surface area contributed by atoms with Crippen molar-refractivity contribution < 1.29 is 33.4 Å². The smallest absolute Gasteiger partial charge is 0.260 e. The van der Waals surface area contributed by atoms with E-state index in [1.54, 1.807) is 42.5 Å². The van der Waals surface area contributed by atoms with Crippen LogP contribution in [0.2, 0.25) is 5.02 Å². The van der Waals surface area contributed by atoms with Crippen LogP contribution < -0.4 is 10.2 Å². The first-order valence-electron chi connectivity index (χ1n) is 19.5. The average molecular weight is 789 g/mol. The van der Waals surface area contributed by atoms with Gasteiger partial charge < -0.3 is 9.84 Å². The second kappa shape index (κ2) is 14.5. The minimum absolute atomic E-state index is 0.103. The molecule has 4 amide bonds. The molecule has 0 unspecified atom stereocenters. The summed E-state index contributed by atoms with van der Waals surface area (Å²) in [6, 6.07) is 27.2. The molecule has 0 spiro atoms. The van der Waals surface area contributed by atoms with Crippen molar-refractivity contribution in [2.75, 3.05) is 25.6 Å². The average Bonchev–Trinajstić information content (AvgIpc) is 3.60. The lowest BCUT2D eigenvalue weighted by Crippen LogP contribution is -2.53. The number of amides is 4. The highest BCUT2D eigenvalue weighted by atomic mass is 35.5. The molecule has 5 aliphatic rings. The summed E-state index contributed by atoms with van der Waals surface area (Å²) >= 11 is 6.40. The largest absolute Gasteiger partial charge is 0.504 e. The van der Waals surface area contributed by atoms with Gasteiger partial charge in [0, 0.05) is 42.2 Å². The number of carbonyl (C=O) groups is 4. The van der Waals surface area contributed by atoms with Crippen molar-refractivity contribution in [1.29, 1.82) is 0 Å². The van der Waals surface area contributed by atoms with E-state index < -0.39 is 52.6 Å². The summed E-state index contributed by atoms with van der Waals surface area (Å²) in [5, 5.41) is 13.3. The number of phenolic OH excluding ortho intramolecular Hbond substituents is 1. The van der Waals surface area contributed by atoms with Crippen LogP contribution in [0.15, 0.2) is 109 Å². The van der Waals surface area contributed by atoms with E-state index in [1.165, 1.54) is 41.8 Å². The van der Waals surface area contributed by atoms with Crippen LogP contribution in [0.3, 0.4) is 0 Å². The third-order valence-corrected chi connectivity index (χ3v) is 13.3. The zero-order valence-corrected chi connectivity index (χ0v) is 32.1. The van der Waals surface area contributed by atoms with Gasteiger partial charge in [0.15, 0.2) is 11.5 Å². The summed E-state index contributed by atoms with van der Waals surface area (Å²) in [6.45, 7) is 2.29. The number of ether oxygens (including phenoxy) is 1. The van der Waals surface area contributed by atoms with E-state index in [2.05, 4.69) is 22.5 Å². The van der Waals surface area contributed by atoms with Crippen molar-refractivity contribution in [3.63, 3.8) is 0 Å². The molecule has 10 nitrogen and oxygen atoms in total. The second-order valence-corrected chi connectivity index (χ2v) is 16.2. The van der Waals surface area contributed by atoms with Crippen LogP contribution in [0, 0.1) is 29.5 Å². The Morgan fingerprint density at radius 1 is 0.860 bits per heavy atom. The number of phenols is 1. The van der Waals surface area contributed by atoms with Crippen LogP contribution in [0.4, 0.5) is 10.1 Å². The quantitative estimate of drug-likeness (QED) is 0.147. The molecule has 4 fully saturated rings. The molecule has 3 saturated heterocycles. The first-order chi connectivity index (χ1) is 27.6. The highest BCUT2D eigenvalue weighted by Crippen LogP contribution is 2.65. The molecular formula is C45H42ClFN4O6. The van der Waals surface area contributed by atoms with E-state index >= 15 is 4.79 Å². The number of piperidine rings is 1. The normalized spacial score (nSPS) is 27.6. The molecule has 6 atom stereocenters. The Kier molecular flexibility index (Phi) is 9.40. The van der Waals surface area contributed by atoms with Crippen LogP contribution in [-0.4, -0.2) is 69.8 Å². The Bertz CT molecular complexity index is 2280. The fourth-order valence-corrected chi connectivity index (χ4v) is 10.6. The van der Waals surface area contributed by atoms with Gasteiger partial charge in [0.2, 0.25) is 11.8 Å². The van der Waals surface area contributed by atoms with Crippen LogP contribution in [-0.2, 0) is 31.1 Å². The second-order valence-electron chi connectivity index (χ2n) is 15.8. The number of fused-ring (bicyclic) bond motifs is 4. The molecule has 1 saturated carbocycles. The number of allylic oxidation sites excluding steroid dienone is 2. The highest BCUT2D eigenvalue weighted by molar-refractivity contribution is 6.30. The number of hydrazine groups is 1. The minimum Gasteiger partial charge on any atom is -0.504 e. The molecule has 57 heavy (non-hydrogen) atoms. The lowest BCUT2D eigenvalue weighted by molar-refractivity contribution is -0.144. The summed E-state index contributed by atoms with van der Waals surface area (Å²) < 4.78 is 19.5. The Hall–Kier alpha value is -5.52. The van der Waals surface area contributed by atoms with E-state index in [4.69, 9.17) is 16.3 Å². The fourth-order valence-electron chi connectivity index (χ4n) is 10.5. The maximum Gasteiger partial charge on any atom is 0.260 e. The molecule has 4 aromatic carbocycles. The summed E-state index contributed by atoms with van der Waals surface area (Å²) in [6.07, 6.45) is 3.66. The van der Waals surface area contributed by atoms with Gasteiger partial charge in [-0.15, -0.1) is 0 Å². The van der Waals surface area contributed by atoms with Crippen molar-refractivity contribution in [2.45, 2.75) is 49.6 Å². The minimum atomic E-state index is -1.62. The van der Waals surface area contributed by atoms with Crippen LogP contribution in [0.5, 0.6) is 11.5 Å². The lowest BCUT2D eigenvalue weighted by atomic mass is 9.49. The van der Waals surface area contributed by atoms with Gasteiger partial charge in [0.05, 0.1) is 36.0 Å². The molecular weight excluding hydrogens is 747 g/mol. The number of hydrogen-bond acceptors (Lipinski definition) is 8. The zero-order valence-electron chi connectivity index (χ0n) is 31.3. The number of imide groups is 2. The molecule has 3 heterocycles. The van der Waals surface area contributed by atoms with Gasteiger partial charge in [-0.3, -0.25) is 34.4 Å². The monoisotopic (exact) mass is 788 g/mol. The van der Waals surface area contributed by atoms with Crippen molar-refractivity contribution in [3.05, 3.63) is 136 Å². The molecule has 3 aliphatic heterocycles. The Labute approximate surface area is 334 Å². The topological polar surface area (TPSA) is 119 Å². The molecule has 292 valence electrons. The van der Waals surface area contributed by atoms with Crippen LogP contribution in [0.1, 0.15) is 48.3 Å². The molecule has 12 heteroatoms. The van der Waals surface area contributed by atoms with Crippen molar-refractivity contribution in [3.8, 4) is 11.5 Å². The lowest BCUT2D eigenvalue weighted by Gasteiger charge is -2.50. The number of para-hydroxylation sites is 1. The number of rotatable bonds is 8. The van der Waals surface area contributed by atoms with Crippen LogP contribution in [0.25, 0.3) is 0 Å². The molecule has 0 radical (unpaired) electrons. The first-order valence-corrected chi connectivity index (χ1v) is 19.8. The summed E-state index contributed by atoms with van der Waals surface area (Å²) in [7, 11) is 1.44. The van der Waals surface area contributed by atoms with E-state index in [-0.39, 0.29) is 42.2 Å². The number of nitrogens with zero attached hydrogens (tertiary/aromatic N) is 3. The molecule has 0 aromatic heterocycles. The number of benzene rings is 4. The zero-order chi connectivity index (χ0) is 39.6. The fraction of sp³-hybridized carbons (Fsp3) is 0.333. The predicted molar refractivity (Wildman–Crippen MR) is 210 cm³/mol. The number of carbonyl (C=O) groups excluding carboxylic acids is 4. The molecule has 2 N–H and O–H groups in total. The number of halogens is 2. The van der Waals surface area contributed by atoms with E-state index in [0.29, 0.717) is 34.7 Å². The van der Waals surface area contributed by atoms with Gasteiger partial charge in [0.25, 0.3) is 11.8 Å². The number of aromatic hydroxyl groups is 1. The predicted octanol–water partition coefficient (Wildman–Crippen LogP) is 6.84. The van der Waals surface area contributed by atoms with Gasteiger partial charge >= 0.3 is 0 Å². The third-order valence-electron chi connectivity index (χ3n) is 13.0. The van der Waals surface area contributed by atoms with Crippen molar-refractivity contribution in [1.82, 2.24) is 14.8 Å². The van der Waals surface area contributed by atoms with E-state index in [1.807, 2.05) is 24.3 Å². The number of nitrogens with one attached hydrogen (secondary N) is 1. The van der Waals surface area contributed by atoms with Gasteiger partial charge in [-0.25, -0.2) is 4.39 Å². The van der Waals surface area contributed by atoms with Gasteiger partial charge in [-0.2, -0.15) is 5.01 Å². The number of anilines is 1. The SMILES string of the molecule is COc1cccc([C@H]2C3=CC[C@@H]4C(=O)N(C5CCN(Cc6ccccc6)CC5)C(=O)[C@@H]4[C@@H]3C[C@H]3C(=O)N(Nc4ccc(F)cc4)C(=O)[C@@]23c2ccc(Cl)cc2)c1O. The Morgan fingerprint density at radius 2 is 1.58 bits per heavy atom. The molecule has 9 rings (SSSR count). The van der Waals surface area contributed by atoms with Crippen molar-refractivity contribution >= 4 is 40.9 Å². The maximum absolute atomic E-state index is 15.4. The molecule has 2 aliphatic carbocycles. The summed E-state index contributed by atoms with van der Waals surface area (Å²) in [4.78, 5) is 63.3. The summed E-state index contributed by atoms with van der Waals surface area (Å²) in [5.74, 6) is -5.97. The number of likely N-dealkylation sites (tertiary alicyclic amines) is 2. The van der Waals surface area contributed by atoms with Gasteiger partial charge in [-0.05, 0) is 85.2 Å². The standard InChI is InChI=1S/C45H42ClFN4O6/c1-57-37-9-5-8-34(40(37)52)39-32-18-19-33-38(43(55)50(41(33)53)31-20-22-49(23-21-31)25-26-6-3-2-4-7-26)35(32)24-36-42(54)51(48-30-16-14-29(47)15-17-30)44(56)45(36,39)27-10-12-28(46)13-11-27/h2-18,31,33,35-36,38-39,48,52H,19-25H2,1H3/t33-,35+,36-,38-,39+,45+/m0/s1.